The molecule has 0 aliphatic carbocycles. The van der Waals surface area contributed by atoms with Gasteiger partial charge in [0.15, 0.2) is 0 Å². The van der Waals surface area contributed by atoms with E-state index in [1.54, 1.807) is 0 Å². The first-order chi connectivity index (χ1) is 8.92. The molecule has 18 heavy (non-hydrogen) atoms. The van der Waals surface area contributed by atoms with Crippen LogP contribution in [0.3, 0.4) is 0 Å². The molecule has 1 aliphatic heterocycles. The summed E-state index contributed by atoms with van der Waals surface area (Å²) in [5, 5.41) is 2.06. The second-order valence-corrected chi connectivity index (χ2v) is 4.60. The zero-order valence-corrected chi connectivity index (χ0v) is 10.4. The molecule has 2 nitrogen and oxygen atoms in total. The van der Waals surface area contributed by atoms with Gasteiger partial charge in [-0.25, -0.2) is 0 Å². The molecule has 1 aliphatic rings. The third-order valence-corrected chi connectivity index (χ3v) is 3.36. The molecule has 0 atom stereocenters. The highest BCUT2D eigenvalue weighted by molar-refractivity contribution is 5.28. The van der Waals surface area contributed by atoms with Crippen LogP contribution >= 0.6 is 0 Å². The van der Waals surface area contributed by atoms with Gasteiger partial charge in [-0.15, -0.1) is 5.06 Å². The van der Waals surface area contributed by atoms with Crippen molar-refractivity contribution in [2.75, 3.05) is 13.1 Å². The van der Waals surface area contributed by atoms with E-state index in [-0.39, 0.29) is 0 Å². The van der Waals surface area contributed by atoms with Crippen molar-refractivity contribution in [2.24, 2.45) is 0 Å². The molecule has 92 valence electrons. The van der Waals surface area contributed by atoms with Crippen LogP contribution in [0.2, 0.25) is 0 Å². The lowest BCUT2D eigenvalue weighted by atomic mass is 10.0. The second-order valence-electron chi connectivity index (χ2n) is 4.60. The lowest BCUT2D eigenvalue weighted by Crippen LogP contribution is -2.30. The highest BCUT2D eigenvalue weighted by Gasteiger charge is 2.14. The monoisotopic (exact) mass is 239 g/mol. The summed E-state index contributed by atoms with van der Waals surface area (Å²) in [6, 6.07) is 18.7. The van der Waals surface area contributed by atoms with E-state index in [0.717, 1.165) is 31.7 Å². The smallest absolute Gasteiger partial charge is 0.147 e. The van der Waals surface area contributed by atoms with Crippen LogP contribution in [-0.4, -0.2) is 18.2 Å². The van der Waals surface area contributed by atoms with Crippen LogP contribution < -0.4 is 4.84 Å². The van der Waals surface area contributed by atoms with Gasteiger partial charge in [0, 0.05) is 13.1 Å². The summed E-state index contributed by atoms with van der Waals surface area (Å²) in [4.78, 5) is 5.90. The van der Waals surface area contributed by atoms with Crippen molar-refractivity contribution in [3.63, 3.8) is 0 Å². The maximum Gasteiger partial charge on any atom is 0.147 e. The summed E-state index contributed by atoms with van der Waals surface area (Å²) >= 11 is 0. The van der Waals surface area contributed by atoms with Gasteiger partial charge in [-0.3, -0.25) is 0 Å². The lowest BCUT2D eigenvalue weighted by Gasteiger charge is -2.20. The molecular weight excluding hydrogens is 222 g/mol. The largest absolute Gasteiger partial charge is 0.406 e. The minimum Gasteiger partial charge on any atom is -0.406 e. The molecular formula is C16H17NO. The first kappa shape index (κ1) is 11.3. The number of para-hydroxylation sites is 1. The van der Waals surface area contributed by atoms with Crippen LogP contribution in [0.25, 0.3) is 0 Å². The van der Waals surface area contributed by atoms with Crippen molar-refractivity contribution in [3.05, 3.63) is 65.7 Å². The van der Waals surface area contributed by atoms with Crippen LogP contribution in [0.5, 0.6) is 5.75 Å². The van der Waals surface area contributed by atoms with E-state index in [1.165, 1.54) is 11.1 Å². The summed E-state index contributed by atoms with van der Waals surface area (Å²) in [5.74, 6) is 0.920. The Hall–Kier alpha value is -1.80. The Balaban J connectivity index is 1.68. The van der Waals surface area contributed by atoms with Gasteiger partial charge in [-0.1, -0.05) is 42.5 Å². The Morgan fingerprint density at radius 2 is 1.28 bits per heavy atom. The normalized spacial score (nSPS) is 15.8. The van der Waals surface area contributed by atoms with E-state index in [0.29, 0.717) is 0 Å². The summed E-state index contributed by atoms with van der Waals surface area (Å²) in [5.41, 5.74) is 2.91. The third-order valence-electron chi connectivity index (χ3n) is 3.36. The minimum absolute atomic E-state index is 0.920. The molecule has 3 rings (SSSR count). The first-order valence-corrected chi connectivity index (χ1v) is 6.46. The maximum atomic E-state index is 5.90. The van der Waals surface area contributed by atoms with Crippen molar-refractivity contribution >= 4 is 0 Å². The molecule has 0 spiro atoms. The van der Waals surface area contributed by atoms with Crippen molar-refractivity contribution in [1.82, 2.24) is 5.06 Å². The fourth-order valence-corrected chi connectivity index (χ4v) is 2.37. The quantitative estimate of drug-likeness (QED) is 0.798. The fraction of sp³-hybridized carbons (Fsp3) is 0.250. The number of nitrogens with zero attached hydrogens (tertiary/aromatic N) is 1. The molecule has 0 unspecified atom stereocenters. The van der Waals surface area contributed by atoms with E-state index >= 15 is 0 Å². The topological polar surface area (TPSA) is 12.5 Å². The van der Waals surface area contributed by atoms with Crippen molar-refractivity contribution in [1.29, 1.82) is 0 Å². The Morgan fingerprint density at radius 3 is 1.89 bits per heavy atom. The molecule has 0 bridgehead atoms. The Bertz CT molecular complexity index is 483. The Labute approximate surface area is 108 Å². The van der Waals surface area contributed by atoms with Gasteiger partial charge in [0.1, 0.15) is 5.75 Å². The molecule has 0 fully saturated rings. The molecule has 0 radical (unpaired) electrons. The van der Waals surface area contributed by atoms with E-state index in [9.17, 15) is 0 Å². The van der Waals surface area contributed by atoms with Crippen molar-refractivity contribution < 1.29 is 4.84 Å². The highest BCUT2D eigenvalue weighted by Crippen LogP contribution is 2.17. The van der Waals surface area contributed by atoms with Crippen LogP contribution in [0.15, 0.2) is 54.6 Å². The summed E-state index contributed by atoms with van der Waals surface area (Å²) in [6.45, 7) is 1.90. The Morgan fingerprint density at radius 1 is 0.722 bits per heavy atom. The van der Waals surface area contributed by atoms with Gasteiger partial charge >= 0.3 is 0 Å². The Kier molecular flexibility index (Phi) is 3.29. The number of hydroxylamine groups is 2. The van der Waals surface area contributed by atoms with Crippen LogP contribution in [-0.2, 0) is 12.8 Å². The second kappa shape index (κ2) is 5.23. The van der Waals surface area contributed by atoms with Crippen LogP contribution in [0.4, 0.5) is 0 Å². The molecule has 2 aromatic carbocycles. The molecule has 1 heterocycles. The molecule has 0 aromatic heterocycles. The van der Waals surface area contributed by atoms with E-state index in [2.05, 4.69) is 29.3 Å². The van der Waals surface area contributed by atoms with Crippen LogP contribution in [0.1, 0.15) is 11.1 Å². The zero-order chi connectivity index (χ0) is 12.2. The van der Waals surface area contributed by atoms with Gasteiger partial charge < -0.3 is 4.84 Å². The minimum atomic E-state index is 0.920. The first-order valence-electron chi connectivity index (χ1n) is 6.46. The van der Waals surface area contributed by atoms with Crippen LogP contribution in [0, 0.1) is 0 Å². The number of benzene rings is 2. The number of rotatable bonds is 2. The van der Waals surface area contributed by atoms with Gasteiger partial charge in [0.25, 0.3) is 0 Å². The zero-order valence-electron chi connectivity index (χ0n) is 10.4. The highest BCUT2D eigenvalue weighted by atomic mass is 16.7. The van der Waals surface area contributed by atoms with E-state index in [4.69, 9.17) is 4.84 Å². The van der Waals surface area contributed by atoms with E-state index < -0.39 is 0 Å². The fourth-order valence-electron chi connectivity index (χ4n) is 2.37. The van der Waals surface area contributed by atoms with Gasteiger partial charge in [-0.2, -0.15) is 0 Å². The van der Waals surface area contributed by atoms with E-state index in [1.807, 2.05) is 30.3 Å². The third kappa shape index (κ3) is 2.54. The average molecular weight is 239 g/mol. The molecule has 0 amide bonds. The predicted octanol–water partition coefficient (Wildman–Crippen LogP) is 3.08. The predicted molar refractivity (Wildman–Crippen MR) is 72.5 cm³/mol. The maximum absolute atomic E-state index is 5.90. The molecule has 2 aromatic rings. The SMILES string of the molecule is c1ccc(ON2CCc3ccccc3CC2)cc1. The summed E-state index contributed by atoms with van der Waals surface area (Å²) in [6.07, 6.45) is 2.12. The number of hydrogen-bond acceptors (Lipinski definition) is 2. The van der Waals surface area contributed by atoms with Gasteiger partial charge in [0.05, 0.1) is 0 Å². The summed E-state index contributed by atoms with van der Waals surface area (Å²) < 4.78 is 0. The average Bonchev–Trinajstić information content (AvgIpc) is 2.63. The van der Waals surface area contributed by atoms with Crippen molar-refractivity contribution in [2.45, 2.75) is 12.8 Å². The number of fused-ring (bicyclic) bond motifs is 1. The molecule has 0 saturated heterocycles. The number of hydrogen-bond donors (Lipinski definition) is 0. The van der Waals surface area contributed by atoms with Crippen molar-refractivity contribution in [3.8, 4) is 5.75 Å². The molecule has 2 heteroatoms. The molecule has 0 saturated carbocycles. The standard InChI is InChI=1S/C16H17NO/c1-2-8-16(9-3-1)18-17-12-10-14-6-4-5-7-15(14)11-13-17/h1-9H,10-13H2. The lowest BCUT2D eigenvalue weighted by molar-refractivity contribution is -0.0544. The van der Waals surface area contributed by atoms with Gasteiger partial charge in [-0.05, 0) is 36.1 Å². The van der Waals surface area contributed by atoms with Gasteiger partial charge in [0.2, 0.25) is 0 Å². The molecule has 0 N–H and O–H groups in total. The summed E-state index contributed by atoms with van der Waals surface area (Å²) in [7, 11) is 0.